The van der Waals surface area contributed by atoms with Gasteiger partial charge >= 0.3 is 0 Å². The van der Waals surface area contributed by atoms with Gasteiger partial charge in [0.1, 0.15) is 0 Å². The van der Waals surface area contributed by atoms with E-state index in [2.05, 4.69) is 26.2 Å². The molecule has 0 unspecified atom stereocenters. The van der Waals surface area contributed by atoms with Crippen molar-refractivity contribution in [1.82, 2.24) is 10.3 Å². The average molecular weight is 342 g/mol. The molecule has 0 fully saturated rings. The van der Waals surface area contributed by atoms with Gasteiger partial charge in [0.2, 0.25) is 5.88 Å². The second-order valence-corrected chi connectivity index (χ2v) is 5.30. The summed E-state index contributed by atoms with van der Waals surface area (Å²) in [5.41, 5.74) is 2.15. The fourth-order valence-electron chi connectivity index (χ4n) is 1.75. The van der Waals surface area contributed by atoms with Crippen molar-refractivity contribution >= 4 is 27.5 Å². The van der Waals surface area contributed by atoms with Crippen molar-refractivity contribution in [1.29, 1.82) is 0 Å². The maximum atomic E-state index is 5.98. The van der Waals surface area contributed by atoms with E-state index >= 15 is 0 Å². The summed E-state index contributed by atoms with van der Waals surface area (Å²) < 4.78 is 6.25. The molecule has 0 aliphatic heterocycles. The maximum Gasteiger partial charge on any atom is 0.217 e. The van der Waals surface area contributed by atoms with Gasteiger partial charge in [-0.3, -0.25) is 0 Å². The normalized spacial score (nSPS) is 10.5. The Morgan fingerprint density at radius 1 is 1.26 bits per heavy atom. The average Bonchev–Trinajstić information content (AvgIpc) is 2.43. The predicted molar refractivity (Wildman–Crippen MR) is 80.5 cm³/mol. The summed E-state index contributed by atoms with van der Waals surface area (Å²) in [6, 6.07) is 9.64. The van der Waals surface area contributed by atoms with Gasteiger partial charge in [0.05, 0.1) is 7.11 Å². The quantitative estimate of drug-likeness (QED) is 0.898. The van der Waals surface area contributed by atoms with Crippen molar-refractivity contribution in [3.05, 3.63) is 57.2 Å². The molecule has 100 valence electrons. The highest BCUT2D eigenvalue weighted by Gasteiger charge is 2.04. The first-order valence-electron chi connectivity index (χ1n) is 5.83. The number of hydrogen-bond donors (Lipinski definition) is 1. The highest BCUT2D eigenvalue weighted by Crippen LogP contribution is 2.21. The molecule has 2 rings (SSSR count). The smallest absolute Gasteiger partial charge is 0.217 e. The van der Waals surface area contributed by atoms with Gasteiger partial charge in [0, 0.05) is 34.3 Å². The topological polar surface area (TPSA) is 34.1 Å². The standard InChI is InChI=1S/C14H14BrClN2O/c1-19-14-10(3-2-6-18-14)8-17-9-11-7-12(16)4-5-13(11)15/h2-7,17H,8-9H2,1H3. The molecule has 19 heavy (non-hydrogen) atoms. The number of nitrogens with one attached hydrogen (secondary N) is 1. The molecule has 0 spiro atoms. The molecule has 0 amide bonds. The Labute approximate surface area is 126 Å². The van der Waals surface area contributed by atoms with Gasteiger partial charge in [-0.05, 0) is 29.8 Å². The van der Waals surface area contributed by atoms with E-state index in [1.54, 1.807) is 13.3 Å². The molecule has 0 atom stereocenters. The van der Waals surface area contributed by atoms with Crippen molar-refractivity contribution in [3.63, 3.8) is 0 Å². The Bertz CT molecular complexity index is 563. The van der Waals surface area contributed by atoms with E-state index in [0.717, 1.165) is 27.2 Å². The fraction of sp³-hybridized carbons (Fsp3) is 0.214. The lowest BCUT2D eigenvalue weighted by Crippen LogP contribution is -2.14. The zero-order chi connectivity index (χ0) is 13.7. The van der Waals surface area contributed by atoms with Crippen LogP contribution in [0.1, 0.15) is 11.1 Å². The number of benzene rings is 1. The summed E-state index contributed by atoms with van der Waals surface area (Å²) >= 11 is 9.49. The second kappa shape index (κ2) is 6.89. The van der Waals surface area contributed by atoms with Gasteiger partial charge in [-0.15, -0.1) is 0 Å². The molecule has 0 saturated carbocycles. The number of hydrogen-bond acceptors (Lipinski definition) is 3. The first-order chi connectivity index (χ1) is 9.20. The Morgan fingerprint density at radius 3 is 2.84 bits per heavy atom. The van der Waals surface area contributed by atoms with Crippen LogP contribution in [0.5, 0.6) is 5.88 Å². The molecule has 0 radical (unpaired) electrons. The summed E-state index contributed by atoms with van der Waals surface area (Å²) in [6.07, 6.45) is 1.72. The van der Waals surface area contributed by atoms with Crippen LogP contribution < -0.4 is 10.1 Å². The summed E-state index contributed by atoms with van der Waals surface area (Å²) in [5, 5.41) is 4.09. The molecule has 0 aliphatic rings. The van der Waals surface area contributed by atoms with Crippen LogP contribution in [0.25, 0.3) is 0 Å². The maximum absolute atomic E-state index is 5.98. The van der Waals surface area contributed by atoms with Crippen molar-refractivity contribution in [3.8, 4) is 5.88 Å². The monoisotopic (exact) mass is 340 g/mol. The van der Waals surface area contributed by atoms with E-state index in [-0.39, 0.29) is 0 Å². The molecule has 1 aromatic heterocycles. The summed E-state index contributed by atoms with van der Waals surface area (Å²) in [4.78, 5) is 4.16. The Balaban J connectivity index is 1.98. The van der Waals surface area contributed by atoms with Crippen molar-refractivity contribution in [2.75, 3.05) is 7.11 Å². The lowest BCUT2D eigenvalue weighted by Gasteiger charge is -2.09. The molecule has 0 saturated heterocycles. The molecule has 3 nitrogen and oxygen atoms in total. The second-order valence-electron chi connectivity index (χ2n) is 4.01. The molecule has 1 aromatic carbocycles. The van der Waals surface area contributed by atoms with Crippen LogP contribution in [0.15, 0.2) is 41.0 Å². The van der Waals surface area contributed by atoms with Crippen LogP contribution in [-0.4, -0.2) is 12.1 Å². The number of pyridine rings is 1. The van der Waals surface area contributed by atoms with Crippen LogP contribution in [-0.2, 0) is 13.1 Å². The zero-order valence-electron chi connectivity index (χ0n) is 10.5. The van der Waals surface area contributed by atoms with Crippen LogP contribution in [0.3, 0.4) is 0 Å². The summed E-state index contributed by atoms with van der Waals surface area (Å²) in [5.74, 6) is 0.653. The minimum Gasteiger partial charge on any atom is -0.481 e. The van der Waals surface area contributed by atoms with E-state index in [1.165, 1.54) is 0 Å². The fourth-order valence-corrected chi connectivity index (χ4v) is 2.33. The van der Waals surface area contributed by atoms with Crippen LogP contribution in [0.4, 0.5) is 0 Å². The van der Waals surface area contributed by atoms with E-state index in [9.17, 15) is 0 Å². The third-order valence-electron chi connectivity index (χ3n) is 2.68. The van der Waals surface area contributed by atoms with Crippen LogP contribution in [0.2, 0.25) is 5.02 Å². The third kappa shape index (κ3) is 3.93. The Hall–Kier alpha value is -1.10. The molecular formula is C14H14BrClN2O. The number of methoxy groups -OCH3 is 1. The molecular weight excluding hydrogens is 328 g/mol. The first kappa shape index (κ1) is 14.3. The van der Waals surface area contributed by atoms with Crippen LogP contribution >= 0.6 is 27.5 Å². The van der Waals surface area contributed by atoms with Crippen LogP contribution in [0, 0.1) is 0 Å². The summed E-state index contributed by atoms with van der Waals surface area (Å²) in [7, 11) is 1.62. The van der Waals surface area contributed by atoms with E-state index in [1.807, 2.05) is 30.3 Å². The molecule has 1 heterocycles. The molecule has 0 bridgehead atoms. The van der Waals surface area contributed by atoms with Gasteiger partial charge in [0.15, 0.2) is 0 Å². The molecule has 2 aromatic rings. The van der Waals surface area contributed by atoms with E-state index < -0.39 is 0 Å². The van der Waals surface area contributed by atoms with Gasteiger partial charge < -0.3 is 10.1 Å². The van der Waals surface area contributed by atoms with Gasteiger partial charge in [-0.25, -0.2) is 4.98 Å². The first-order valence-corrected chi connectivity index (χ1v) is 7.00. The number of ether oxygens (including phenoxy) is 1. The van der Waals surface area contributed by atoms with Gasteiger partial charge in [-0.1, -0.05) is 33.6 Å². The molecule has 1 N–H and O–H groups in total. The van der Waals surface area contributed by atoms with E-state index in [4.69, 9.17) is 16.3 Å². The Morgan fingerprint density at radius 2 is 2.05 bits per heavy atom. The number of halogens is 2. The van der Waals surface area contributed by atoms with E-state index in [0.29, 0.717) is 12.4 Å². The zero-order valence-corrected chi connectivity index (χ0v) is 12.8. The minimum atomic E-state index is 0.653. The lowest BCUT2D eigenvalue weighted by molar-refractivity contribution is 0.390. The minimum absolute atomic E-state index is 0.653. The van der Waals surface area contributed by atoms with Crippen molar-refractivity contribution in [2.24, 2.45) is 0 Å². The van der Waals surface area contributed by atoms with Crippen molar-refractivity contribution in [2.45, 2.75) is 13.1 Å². The summed E-state index contributed by atoms with van der Waals surface area (Å²) in [6.45, 7) is 1.41. The largest absolute Gasteiger partial charge is 0.481 e. The highest BCUT2D eigenvalue weighted by molar-refractivity contribution is 9.10. The number of rotatable bonds is 5. The highest BCUT2D eigenvalue weighted by atomic mass is 79.9. The SMILES string of the molecule is COc1ncccc1CNCc1cc(Cl)ccc1Br. The molecule has 0 aliphatic carbocycles. The Kier molecular flexibility index (Phi) is 5.19. The predicted octanol–water partition coefficient (Wildman–Crippen LogP) is 3.80. The number of aromatic nitrogens is 1. The third-order valence-corrected chi connectivity index (χ3v) is 3.69. The lowest BCUT2D eigenvalue weighted by atomic mass is 10.2. The van der Waals surface area contributed by atoms with Gasteiger partial charge in [0.25, 0.3) is 0 Å². The number of nitrogens with zero attached hydrogens (tertiary/aromatic N) is 1. The molecule has 5 heteroatoms. The van der Waals surface area contributed by atoms with Crippen molar-refractivity contribution < 1.29 is 4.74 Å². The van der Waals surface area contributed by atoms with Gasteiger partial charge in [-0.2, -0.15) is 0 Å².